The number of rotatable bonds is 8. The summed E-state index contributed by atoms with van der Waals surface area (Å²) in [5.74, 6) is -1.48. The Morgan fingerprint density at radius 1 is 1.05 bits per heavy atom. The molecule has 0 spiro atoms. The van der Waals surface area contributed by atoms with Crippen LogP contribution in [0.2, 0.25) is 0 Å². The van der Waals surface area contributed by atoms with Gasteiger partial charge in [0.1, 0.15) is 23.9 Å². The molecule has 2 aromatic carbocycles. The molecule has 43 heavy (non-hydrogen) atoms. The molecule has 1 atom stereocenters. The van der Waals surface area contributed by atoms with Gasteiger partial charge in [-0.25, -0.2) is 8.78 Å². The van der Waals surface area contributed by atoms with Gasteiger partial charge in [0.15, 0.2) is 5.69 Å². The SMILES string of the molecule is COc1cc(C)c(-c2cccnc2C(Cc2cc(F)cc(F)c2)NC(=O)Cn2nc(C(F)(F)F)c3c2CCCC3)c(C)c1. The van der Waals surface area contributed by atoms with Crippen LogP contribution in [0.1, 0.15) is 58.2 Å². The van der Waals surface area contributed by atoms with E-state index in [-0.39, 0.29) is 24.0 Å². The minimum Gasteiger partial charge on any atom is -0.497 e. The summed E-state index contributed by atoms with van der Waals surface area (Å²) in [6.07, 6.45) is -1.16. The second kappa shape index (κ2) is 12.1. The van der Waals surface area contributed by atoms with Crippen molar-refractivity contribution >= 4 is 5.91 Å². The number of amides is 1. The number of ether oxygens (including phenoxy) is 1. The summed E-state index contributed by atoms with van der Waals surface area (Å²) in [6, 6.07) is 9.56. The summed E-state index contributed by atoms with van der Waals surface area (Å²) in [7, 11) is 1.57. The van der Waals surface area contributed by atoms with Gasteiger partial charge in [-0.1, -0.05) is 6.07 Å². The molecule has 6 nitrogen and oxygen atoms in total. The van der Waals surface area contributed by atoms with Crippen LogP contribution in [0.3, 0.4) is 0 Å². The summed E-state index contributed by atoms with van der Waals surface area (Å²) in [4.78, 5) is 18.1. The molecule has 0 saturated carbocycles. The van der Waals surface area contributed by atoms with E-state index in [9.17, 15) is 26.7 Å². The fraction of sp³-hybridized carbons (Fsp3) is 0.344. The zero-order valence-electron chi connectivity index (χ0n) is 24.0. The number of aryl methyl sites for hydroxylation is 2. The lowest BCUT2D eigenvalue weighted by Gasteiger charge is -2.23. The Hall–Kier alpha value is -4.28. The number of nitrogens with zero attached hydrogens (tertiary/aromatic N) is 3. The molecule has 2 aromatic heterocycles. The van der Waals surface area contributed by atoms with Gasteiger partial charge in [0.25, 0.3) is 0 Å². The predicted octanol–water partition coefficient (Wildman–Crippen LogP) is 6.85. The number of carbonyl (C=O) groups is 1. The van der Waals surface area contributed by atoms with E-state index in [1.54, 1.807) is 19.4 Å². The number of nitrogens with one attached hydrogen (secondary N) is 1. The van der Waals surface area contributed by atoms with Gasteiger partial charge < -0.3 is 10.1 Å². The lowest BCUT2D eigenvalue weighted by atomic mass is 9.90. The molecule has 0 saturated heterocycles. The second-order valence-corrected chi connectivity index (χ2v) is 10.8. The van der Waals surface area contributed by atoms with E-state index in [1.807, 2.05) is 32.0 Å². The van der Waals surface area contributed by atoms with Crippen LogP contribution in [0.4, 0.5) is 22.0 Å². The van der Waals surface area contributed by atoms with Crippen molar-refractivity contribution in [2.75, 3.05) is 7.11 Å². The van der Waals surface area contributed by atoms with Crippen molar-refractivity contribution in [3.8, 4) is 16.9 Å². The Labute approximate surface area is 245 Å². The minimum atomic E-state index is -4.63. The van der Waals surface area contributed by atoms with Crippen LogP contribution in [-0.4, -0.2) is 27.8 Å². The first-order valence-electron chi connectivity index (χ1n) is 13.9. The number of pyridine rings is 1. The zero-order valence-corrected chi connectivity index (χ0v) is 24.0. The van der Waals surface area contributed by atoms with Crippen molar-refractivity contribution in [3.63, 3.8) is 0 Å². The molecule has 2 heterocycles. The monoisotopic (exact) mass is 598 g/mol. The van der Waals surface area contributed by atoms with Gasteiger partial charge in [-0.05, 0) is 98.5 Å². The van der Waals surface area contributed by atoms with Gasteiger partial charge in [-0.3, -0.25) is 14.5 Å². The first-order valence-corrected chi connectivity index (χ1v) is 13.9. The molecule has 1 aliphatic rings. The van der Waals surface area contributed by atoms with Gasteiger partial charge in [-0.2, -0.15) is 18.3 Å². The van der Waals surface area contributed by atoms with Crippen LogP contribution in [0.5, 0.6) is 5.75 Å². The Kier molecular flexibility index (Phi) is 8.52. The van der Waals surface area contributed by atoms with Crippen molar-refractivity contribution in [1.29, 1.82) is 0 Å². The van der Waals surface area contributed by atoms with Crippen LogP contribution >= 0.6 is 0 Å². The van der Waals surface area contributed by atoms with E-state index in [0.717, 1.165) is 27.4 Å². The van der Waals surface area contributed by atoms with E-state index < -0.39 is 42.0 Å². The lowest BCUT2D eigenvalue weighted by molar-refractivity contribution is -0.142. The van der Waals surface area contributed by atoms with Crippen LogP contribution in [0.25, 0.3) is 11.1 Å². The fourth-order valence-corrected chi connectivity index (χ4v) is 5.96. The Bertz CT molecular complexity index is 1620. The number of carbonyl (C=O) groups excluding carboxylic acids is 1. The molecule has 1 aliphatic carbocycles. The molecule has 1 unspecified atom stereocenters. The first-order chi connectivity index (χ1) is 20.4. The molecule has 4 aromatic rings. The maximum atomic E-state index is 14.2. The third-order valence-electron chi connectivity index (χ3n) is 7.70. The quantitative estimate of drug-likeness (QED) is 0.226. The smallest absolute Gasteiger partial charge is 0.435 e. The summed E-state index contributed by atoms with van der Waals surface area (Å²) >= 11 is 0. The number of alkyl halides is 3. The zero-order chi connectivity index (χ0) is 30.9. The van der Waals surface area contributed by atoms with Crippen molar-refractivity contribution in [3.05, 3.63) is 99.6 Å². The molecular weight excluding hydrogens is 567 g/mol. The lowest BCUT2D eigenvalue weighted by Crippen LogP contribution is -2.34. The average Bonchev–Trinajstić information content (AvgIpc) is 3.31. The molecule has 226 valence electrons. The second-order valence-electron chi connectivity index (χ2n) is 10.8. The summed E-state index contributed by atoms with van der Waals surface area (Å²) in [6.45, 7) is 3.38. The molecule has 0 aliphatic heterocycles. The van der Waals surface area contributed by atoms with E-state index >= 15 is 0 Å². The highest BCUT2D eigenvalue weighted by atomic mass is 19.4. The van der Waals surface area contributed by atoms with Gasteiger partial charge >= 0.3 is 6.18 Å². The molecule has 0 radical (unpaired) electrons. The van der Waals surface area contributed by atoms with E-state index in [2.05, 4.69) is 15.4 Å². The number of hydrogen-bond acceptors (Lipinski definition) is 4. The molecule has 1 amide bonds. The summed E-state index contributed by atoms with van der Waals surface area (Å²) in [5.41, 5.74) is 3.61. The van der Waals surface area contributed by atoms with Gasteiger partial charge in [0.05, 0.1) is 18.8 Å². The minimum absolute atomic E-state index is 0.0241. The van der Waals surface area contributed by atoms with Crippen LogP contribution < -0.4 is 10.1 Å². The maximum Gasteiger partial charge on any atom is 0.435 e. The Balaban J connectivity index is 1.54. The number of aromatic nitrogens is 3. The number of hydrogen-bond donors (Lipinski definition) is 1. The normalized spacial score (nSPS) is 13.9. The van der Waals surface area contributed by atoms with Crippen molar-refractivity contribution in [1.82, 2.24) is 20.1 Å². The first kappa shape index (κ1) is 30.2. The van der Waals surface area contributed by atoms with Crippen LogP contribution in [-0.2, 0) is 36.8 Å². The topological polar surface area (TPSA) is 69.0 Å². The summed E-state index contributed by atoms with van der Waals surface area (Å²) in [5, 5.41) is 6.68. The molecule has 0 fully saturated rings. The van der Waals surface area contributed by atoms with Gasteiger partial charge in [-0.15, -0.1) is 0 Å². The molecule has 11 heteroatoms. The Morgan fingerprint density at radius 2 is 1.72 bits per heavy atom. The number of methoxy groups -OCH3 is 1. The fourth-order valence-electron chi connectivity index (χ4n) is 5.96. The number of halogens is 5. The molecule has 5 rings (SSSR count). The molecular formula is C32H31F5N4O2. The Morgan fingerprint density at radius 3 is 2.37 bits per heavy atom. The number of benzene rings is 2. The standard InChI is InChI=1S/C32H31F5N4O2/c1-18-11-23(43-3)12-19(2)29(18)25-8-6-10-38-30(25)26(15-20-13-21(33)16-22(34)14-20)39-28(42)17-41-27-9-5-4-7-24(27)31(40-41)32(35,36)37/h6,8,10-14,16,26H,4-5,7,9,15,17H2,1-3H3,(H,39,42). The third-order valence-corrected chi connectivity index (χ3v) is 7.70. The predicted molar refractivity (Wildman–Crippen MR) is 151 cm³/mol. The van der Waals surface area contributed by atoms with E-state index in [0.29, 0.717) is 42.0 Å². The summed E-state index contributed by atoms with van der Waals surface area (Å²) < 4.78 is 76.0. The van der Waals surface area contributed by atoms with Crippen molar-refractivity contribution in [2.24, 2.45) is 0 Å². The van der Waals surface area contributed by atoms with Gasteiger partial charge in [0.2, 0.25) is 5.91 Å². The van der Waals surface area contributed by atoms with E-state index in [4.69, 9.17) is 4.74 Å². The third kappa shape index (κ3) is 6.55. The highest BCUT2D eigenvalue weighted by Crippen LogP contribution is 2.37. The molecule has 1 N–H and O–H groups in total. The van der Waals surface area contributed by atoms with Gasteiger partial charge in [0, 0.05) is 29.1 Å². The highest BCUT2D eigenvalue weighted by Gasteiger charge is 2.39. The maximum absolute atomic E-state index is 14.2. The van der Waals surface area contributed by atoms with E-state index in [1.165, 1.54) is 12.1 Å². The number of fused-ring (bicyclic) bond motifs is 1. The largest absolute Gasteiger partial charge is 0.497 e. The van der Waals surface area contributed by atoms with Crippen LogP contribution in [0, 0.1) is 25.5 Å². The van der Waals surface area contributed by atoms with Crippen LogP contribution in [0.15, 0.2) is 48.7 Å². The average molecular weight is 599 g/mol. The molecule has 0 bridgehead atoms. The van der Waals surface area contributed by atoms with Crippen molar-refractivity contribution in [2.45, 2.75) is 64.7 Å². The highest BCUT2D eigenvalue weighted by molar-refractivity contribution is 5.78. The van der Waals surface area contributed by atoms with Crippen molar-refractivity contribution < 1.29 is 31.5 Å².